The van der Waals surface area contributed by atoms with Crippen LogP contribution in [0.5, 0.6) is 0 Å². The van der Waals surface area contributed by atoms with Gasteiger partial charge in [0.05, 0.1) is 12.4 Å². The fraction of sp³-hybridized carbons (Fsp3) is 1.00. The summed E-state index contributed by atoms with van der Waals surface area (Å²) in [5.41, 5.74) is 0. The summed E-state index contributed by atoms with van der Waals surface area (Å²) in [6.45, 7) is 1.86. The smallest absolute Gasteiger partial charge is 0.214 e. The molecule has 1 saturated heterocycles. The number of nitrogens with one attached hydrogen (secondary N) is 2. The van der Waals surface area contributed by atoms with E-state index in [0.29, 0.717) is 0 Å². The number of hydrogen-bond donors (Lipinski definition) is 2. The standard InChI is InChI=1S/C7H16N2O3S.ClH/c1-12-4-5-13(10,11)9-7-2-3-8-6-7;/h7-9H,2-6H2,1H3;1H. The molecule has 1 unspecified atom stereocenters. The quantitative estimate of drug-likeness (QED) is 0.674. The van der Waals surface area contributed by atoms with E-state index >= 15 is 0 Å². The molecule has 1 aliphatic rings. The van der Waals surface area contributed by atoms with Gasteiger partial charge in [0.1, 0.15) is 0 Å². The Morgan fingerprint density at radius 2 is 2.29 bits per heavy atom. The number of halogens is 1. The SMILES string of the molecule is COCCS(=O)(=O)NC1CCNC1.Cl. The molecule has 0 spiro atoms. The minimum atomic E-state index is -3.14. The predicted molar refractivity (Wildman–Crippen MR) is 57.3 cm³/mol. The van der Waals surface area contributed by atoms with Crippen molar-refractivity contribution in [1.82, 2.24) is 10.0 Å². The van der Waals surface area contributed by atoms with Gasteiger partial charge in [0.15, 0.2) is 0 Å². The van der Waals surface area contributed by atoms with Crippen molar-refractivity contribution < 1.29 is 13.2 Å². The lowest BCUT2D eigenvalue weighted by atomic mass is 10.3. The molecule has 0 amide bonds. The average molecular weight is 245 g/mol. The zero-order valence-electron chi connectivity index (χ0n) is 8.15. The summed E-state index contributed by atoms with van der Waals surface area (Å²) in [6, 6.07) is 0.0573. The van der Waals surface area contributed by atoms with Gasteiger partial charge in [0.2, 0.25) is 10.0 Å². The van der Waals surface area contributed by atoms with Gasteiger partial charge in [-0.25, -0.2) is 13.1 Å². The topological polar surface area (TPSA) is 67.4 Å². The van der Waals surface area contributed by atoms with Gasteiger partial charge >= 0.3 is 0 Å². The highest BCUT2D eigenvalue weighted by Gasteiger charge is 2.20. The fourth-order valence-electron chi connectivity index (χ4n) is 1.26. The lowest BCUT2D eigenvalue weighted by molar-refractivity contribution is 0.216. The van der Waals surface area contributed by atoms with E-state index in [1.54, 1.807) is 0 Å². The minimum absolute atomic E-state index is 0. The Kier molecular flexibility index (Phi) is 6.63. The van der Waals surface area contributed by atoms with Gasteiger partial charge in [-0.1, -0.05) is 0 Å². The van der Waals surface area contributed by atoms with Crippen LogP contribution in [-0.2, 0) is 14.8 Å². The van der Waals surface area contributed by atoms with Crippen LogP contribution in [0.15, 0.2) is 0 Å². The summed E-state index contributed by atoms with van der Waals surface area (Å²) in [5.74, 6) is 0.0417. The van der Waals surface area contributed by atoms with Gasteiger partial charge < -0.3 is 10.1 Å². The van der Waals surface area contributed by atoms with Gasteiger partial charge in [-0.3, -0.25) is 0 Å². The normalized spacial score (nSPS) is 21.9. The molecule has 14 heavy (non-hydrogen) atoms. The number of methoxy groups -OCH3 is 1. The highest BCUT2D eigenvalue weighted by molar-refractivity contribution is 7.89. The number of ether oxygens (including phenoxy) is 1. The van der Waals surface area contributed by atoms with Crippen molar-refractivity contribution in [2.24, 2.45) is 0 Å². The predicted octanol–water partition coefficient (Wildman–Crippen LogP) is -0.664. The van der Waals surface area contributed by atoms with E-state index in [1.807, 2.05) is 0 Å². The summed E-state index contributed by atoms with van der Waals surface area (Å²) in [4.78, 5) is 0. The van der Waals surface area contributed by atoms with E-state index < -0.39 is 10.0 Å². The second kappa shape index (κ2) is 6.58. The van der Waals surface area contributed by atoms with Gasteiger partial charge in [-0.05, 0) is 13.0 Å². The lowest BCUT2D eigenvalue weighted by Gasteiger charge is -2.11. The first-order chi connectivity index (χ1) is 6.14. The monoisotopic (exact) mass is 244 g/mol. The summed E-state index contributed by atoms with van der Waals surface area (Å²) in [7, 11) is -1.65. The highest BCUT2D eigenvalue weighted by atomic mass is 35.5. The van der Waals surface area contributed by atoms with Crippen molar-refractivity contribution in [2.75, 3.05) is 32.6 Å². The first-order valence-corrected chi connectivity index (χ1v) is 5.99. The molecule has 1 atom stereocenters. The van der Waals surface area contributed by atoms with Crippen LogP contribution in [0, 0.1) is 0 Å². The van der Waals surface area contributed by atoms with Crippen molar-refractivity contribution >= 4 is 22.4 Å². The third kappa shape index (κ3) is 5.11. The zero-order chi connectivity index (χ0) is 9.73. The zero-order valence-corrected chi connectivity index (χ0v) is 9.79. The average Bonchev–Trinajstić information content (AvgIpc) is 2.52. The molecule has 0 aromatic carbocycles. The van der Waals surface area contributed by atoms with Crippen molar-refractivity contribution in [3.63, 3.8) is 0 Å². The number of rotatable bonds is 5. The van der Waals surface area contributed by atoms with E-state index in [1.165, 1.54) is 7.11 Å². The molecular weight excluding hydrogens is 228 g/mol. The first-order valence-electron chi connectivity index (χ1n) is 4.34. The molecule has 2 N–H and O–H groups in total. The van der Waals surface area contributed by atoms with Crippen LogP contribution in [-0.4, -0.2) is 47.0 Å². The highest BCUT2D eigenvalue weighted by Crippen LogP contribution is 1.99. The van der Waals surface area contributed by atoms with E-state index in [-0.39, 0.29) is 30.8 Å². The van der Waals surface area contributed by atoms with Crippen molar-refractivity contribution in [3.8, 4) is 0 Å². The van der Waals surface area contributed by atoms with Crippen LogP contribution in [0.25, 0.3) is 0 Å². The van der Waals surface area contributed by atoms with Crippen molar-refractivity contribution in [3.05, 3.63) is 0 Å². The van der Waals surface area contributed by atoms with Gasteiger partial charge in [0, 0.05) is 19.7 Å². The third-order valence-electron chi connectivity index (χ3n) is 1.96. The molecule has 5 nitrogen and oxygen atoms in total. The Labute approximate surface area is 91.1 Å². The van der Waals surface area contributed by atoms with Crippen LogP contribution in [0.4, 0.5) is 0 Å². The molecule has 7 heteroatoms. The summed E-state index contributed by atoms with van der Waals surface area (Å²) in [5, 5.41) is 3.09. The van der Waals surface area contributed by atoms with Gasteiger partial charge in [-0.2, -0.15) is 0 Å². The Bertz CT molecular complexity index is 239. The van der Waals surface area contributed by atoms with E-state index in [4.69, 9.17) is 4.74 Å². The van der Waals surface area contributed by atoms with Crippen LogP contribution in [0.1, 0.15) is 6.42 Å². The maximum atomic E-state index is 11.3. The maximum Gasteiger partial charge on any atom is 0.214 e. The van der Waals surface area contributed by atoms with Crippen molar-refractivity contribution in [1.29, 1.82) is 0 Å². The Hall–Kier alpha value is 0.120. The Balaban J connectivity index is 0.00000169. The van der Waals surface area contributed by atoms with Crippen LogP contribution in [0.2, 0.25) is 0 Å². The number of hydrogen-bond acceptors (Lipinski definition) is 4. The lowest BCUT2D eigenvalue weighted by Crippen LogP contribution is -2.38. The summed E-state index contributed by atoms with van der Waals surface area (Å²) >= 11 is 0. The molecule has 1 heterocycles. The molecule has 0 saturated carbocycles. The van der Waals surface area contributed by atoms with E-state index in [9.17, 15) is 8.42 Å². The maximum absolute atomic E-state index is 11.3. The molecule has 0 bridgehead atoms. The Morgan fingerprint density at radius 1 is 1.57 bits per heavy atom. The second-order valence-electron chi connectivity index (χ2n) is 3.12. The molecule has 0 aromatic heterocycles. The molecule has 1 aliphatic heterocycles. The van der Waals surface area contributed by atoms with Crippen molar-refractivity contribution in [2.45, 2.75) is 12.5 Å². The largest absolute Gasteiger partial charge is 0.384 e. The van der Waals surface area contributed by atoms with Gasteiger partial charge in [0.25, 0.3) is 0 Å². The van der Waals surface area contributed by atoms with E-state index in [0.717, 1.165) is 19.5 Å². The summed E-state index contributed by atoms with van der Waals surface area (Å²) < 4.78 is 30.0. The molecule has 86 valence electrons. The molecule has 0 aliphatic carbocycles. The molecule has 1 fully saturated rings. The fourth-order valence-corrected chi connectivity index (χ4v) is 2.47. The molecule has 1 rings (SSSR count). The molecule has 0 radical (unpaired) electrons. The third-order valence-corrected chi connectivity index (χ3v) is 3.36. The van der Waals surface area contributed by atoms with Crippen LogP contribution < -0.4 is 10.0 Å². The second-order valence-corrected chi connectivity index (χ2v) is 4.99. The van der Waals surface area contributed by atoms with Crippen LogP contribution in [0.3, 0.4) is 0 Å². The number of sulfonamides is 1. The van der Waals surface area contributed by atoms with Gasteiger partial charge in [-0.15, -0.1) is 12.4 Å². The van der Waals surface area contributed by atoms with E-state index in [2.05, 4.69) is 10.0 Å². The minimum Gasteiger partial charge on any atom is -0.384 e. The first kappa shape index (κ1) is 14.1. The molecular formula is C7H17ClN2O3S. The van der Waals surface area contributed by atoms with Crippen LogP contribution >= 0.6 is 12.4 Å². The summed E-state index contributed by atoms with van der Waals surface area (Å²) in [6.07, 6.45) is 0.867. The molecule has 0 aromatic rings. The Morgan fingerprint density at radius 3 is 2.79 bits per heavy atom.